The average molecular weight is 839 g/mol. The third kappa shape index (κ3) is 41.1. The van der Waals surface area contributed by atoms with Gasteiger partial charge in [0.1, 0.15) is 19.8 Å². The highest BCUT2D eigenvalue weighted by Crippen LogP contribution is 2.00. The van der Waals surface area contributed by atoms with Crippen LogP contribution in [0.25, 0.3) is 0 Å². The van der Waals surface area contributed by atoms with Gasteiger partial charge in [0.2, 0.25) is 5.91 Å². The van der Waals surface area contributed by atoms with Crippen molar-refractivity contribution in [3.63, 3.8) is 0 Å². The summed E-state index contributed by atoms with van der Waals surface area (Å²) in [5.41, 5.74) is 0.930. The molecule has 1 aromatic rings. The normalized spacial score (nSPS) is 11.2. The van der Waals surface area contributed by atoms with Gasteiger partial charge in [0.25, 0.3) is 0 Å². The number of carbonyl (C=O) groups excluding carboxylic acids is 2. The van der Waals surface area contributed by atoms with E-state index in [9.17, 15) is 14.4 Å². The van der Waals surface area contributed by atoms with Crippen molar-refractivity contribution < 1.29 is 85.8 Å². The third-order valence-corrected chi connectivity index (χ3v) is 6.85. The molecular formula is C38H66N2O18. The Hall–Kier alpha value is -3.09. The lowest BCUT2D eigenvalue weighted by molar-refractivity contribution is -0.143. The van der Waals surface area contributed by atoms with Crippen molar-refractivity contribution in [3.8, 4) is 0 Å². The van der Waals surface area contributed by atoms with Gasteiger partial charge in [0.15, 0.2) is 0 Å². The molecule has 0 radical (unpaired) electrons. The molecular weight excluding hydrogens is 772 g/mol. The first-order valence-corrected chi connectivity index (χ1v) is 19.5. The minimum Gasteiger partial charge on any atom is -0.480 e. The van der Waals surface area contributed by atoms with Gasteiger partial charge < -0.3 is 82.1 Å². The van der Waals surface area contributed by atoms with Gasteiger partial charge in [-0.2, -0.15) is 0 Å². The van der Waals surface area contributed by atoms with Gasteiger partial charge in [-0.15, -0.1) is 0 Å². The van der Waals surface area contributed by atoms with Crippen LogP contribution in [-0.2, 0) is 82.5 Å². The molecule has 0 unspecified atom stereocenters. The summed E-state index contributed by atoms with van der Waals surface area (Å²) in [6, 6.07) is 9.48. The van der Waals surface area contributed by atoms with Crippen LogP contribution in [0.15, 0.2) is 30.3 Å². The summed E-state index contributed by atoms with van der Waals surface area (Å²) in [5.74, 6) is -1.53. The van der Waals surface area contributed by atoms with E-state index in [1.54, 1.807) is 0 Å². The molecule has 0 bridgehead atoms. The number of alkyl carbamates (subject to hydrolysis) is 1. The van der Waals surface area contributed by atoms with Crippen molar-refractivity contribution in [2.24, 2.45) is 0 Å². The molecule has 0 saturated heterocycles. The summed E-state index contributed by atoms with van der Waals surface area (Å²) in [7, 11) is 0. The molecule has 0 fully saturated rings. The number of hydrogen-bond acceptors (Lipinski definition) is 17. The highest BCUT2D eigenvalue weighted by Gasteiger charge is 2.04. The molecule has 0 aliphatic carbocycles. The highest BCUT2D eigenvalue weighted by atomic mass is 16.6. The van der Waals surface area contributed by atoms with E-state index in [-0.39, 0.29) is 13.2 Å². The van der Waals surface area contributed by atoms with Crippen molar-refractivity contribution in [1.29, 1.82) is 0 Å². The third-order valence-electron chi connectivity index (χ3n) is 6.85. The summed E-state index contributed by atoms with van der Waals surface area (Å²) in [6.07, 6.45) is -0.478. The van der Waals surface area contributed by atoms with Crippen molar-refractivity contribution >= 4 is 18.0 Å². The van der Waals surface area contributed by atoms with Crippen LogP contribution in [-0.4, -0.2) is 208 Å². The number of benzene rings is 1. The first-order chi connectivity index (χ1) is 28.6. The van der Waals surface area contributed by atoms with Crippen molar-refractivity contribution in [1.82, 2.24) is 10.6 Å². The zero-order valence-electron chi connectivity index (χ0n) is 33.8. The number of rotatable bonds is 45. The Morgan fingerprint density at radius 1 is 0.397 bits per heavy atom. The number of carbonyl (C=O) groups is 3. The first-order valence-electron chi connectivity index (χ1n) is 19.5. The Kier molecular flexibility index (Phi) is 39.7. The predicted octanol–water partition coefficient (Wildman–Crippen LogP) is 0.329. The Morgan fingerprint density at radius 3 is 1.03 bits per heavy atom. The maximum atomic E-state index is 11.7. The topological polar surface area (TPSA) is 225 Å². The predicted molar refractivity (Wildman–Crippen MR) is 206 cm³/mol. The minimum atomic E-state index is -1.13. The number of aliphatic carboxylic acids is 1. The van der Waals surface area contributed by atoms with Crippen molar-refractivity contribution in [2.45, 2.75) is 6.61 Å². The smallest absolute Gasteiger partial charge is 0.407 e. The second kappa shape index (κ2) is 43.5. The molecule has 20 nitrogen and oxygen atoms in total. The lowest BCUT2D eigenvalue weighted by Gasteiger charge is -2.09. The van der Waals surface area contributed by atoms with E-state index >= 15 is 0 Å². The van der Waals surface area contributed by atoms with Gasteiger partial charge >= 0.3 is 12.1 Å². The van der Waals surface area contributed by atoms with Crippen molar-refractivity contribution in [3.05, 3.63) is 35.9 Å². The van der Waals surface area contributed by atoms with Crippen LogP contribution < -0.4 is 10.6 Å². The molecule has 3 N–H and O–H groups in total. The van der Waals surface area contributed by atoms with Crippen LogP contribution in [0.4, 0.5) is 4.79 Å². The van der Waals surface area contributed by atoms with E-state index < -0.39 is 24.6 Å². The first kappa shape index (κ1) is 52.9. The van der Waals surface area contributed by atoms with E-state index in [0.717, 1.165) is 5.56 Å². The number of carboxylic acids is 1. The van der Waals surface area contributed by atoms with Gasteiger partial charge in [-0.3, -0.25) is 4.79 Å². The molecule has 0 aliphatic heterocycles. The number of ether oxygens (including phenoxy) is 14. The zero-order chi connectivity index (χ0) is 41.7. The molecule has 1 rings (SSSR count). The molecule has 0 aromatic heterocycles. The van der Waals surface area contributed by atoms with Gasteiger partial charge in [-0.1, -0.05) is 30.3 Å². The highest BCUT2D eigenvalue weighted by molar-refractivity contribution is 5.77. The number of nitrogens with one attached hydrogen (secondary N) is 2. The van der Waals surface area contributed by atoms with Crippen LogP contribution in [0.5, 0.6) is 0 Å². The molecule has 0 atom stereocenters. The van der Waals surface area contributed by atoms with E-state index in [1.807, 2.05) is 30.3 Å². The van der Waals surface area contributed by atoms with Crippen molar-refractivity contribution in [2.75, 3.05) is 185 Å². The molecule has 0 spiro atoms. The average Bonchev–Trinajstić information content (AvgIpc) is 3.22. The van der Waals surface area contributed by atoms with Gasteiger partial charge in [-0.05, 0) is 5.56 Å². The second-order valence-corrected chi connectivity index (χ2v) is 11.6. The maximum absolute atomic E-state index is 11.7. The summed E-state index contributed by atoms with van der Waals surface area (Å²) in [6.45, 7) is 10.7. The number of hydrogen-bond donors (Lipinski definition) is 3. The standard InChI is InChI=1S/C38H66N2O18/c41-36(33-57-34-37(42)43)39-6-8-45-10-12-47-14-16-49-18-20-51-22-24-53-26-28-55-30-31-56-29-27-54-25-23-52-21-19-50-17-15-48-13-11-46-9-7-40-38(44)58-32-35-4-2-1-3-5-35/h1-5H,6-34H2,(H,39,41)(H,40,44)(H,42,43). The van der Waals surface area contributed by atoms with Gasteiger partial charge in [0, 0.05) is 13.1 Å². The Morgan fingerprint density at radius 2 is 0.707 bits per heavy atom. The fourth-order valence-corrected chi connectivity index (χ4v) is 4.07. The summed E-state index contributed by atoms with van der Waals surface area (Å²) < 4.78 is 75.1. The second-order valence-electron chi connectivity index (χ2n) is 11.6. The van der Waals surface area contributed by atoms with E-state index in [4.69, 9.17) is 66.7 Å². The Labute approximate surface area is 341 Å². The van der Waals surface area contributed by atoms with Crippen LogP contribution in [0.3, 0.4) is 0 Å². The van der Waals surface area contributed by atoms with E-state index in [0.29, 0.717) is 172 Å². The maximum Gasteiger partial charge on any atom is 0.407 e. The van der Waals surface area contributed by atoms with Gasteiger partial charge in [0.05, 0.1) is 159 Å². The quantitative estimate of drug-likeness (QED) is 0.0753. The fraction of sp³-hybridized carbons (Fsp3) is 0.763. The van der Waals surface area contributed by atoms with Crippen LogP contribution in [0, 0.1) is 0 Å². The minimum absolute atomic E-state index is 0.229. The van der Waals surface area contributed by atoms with Gasteiger partial charge in [-0.25, -0.2) is 9.59 Å². The summed E-state index contributed by atoms with van der Waals surface area (Å²) in [5, 5.41) is 13.6. The largest absolute Gasteiger partial charge is 0.480 e. The number of amides is 2. The number of carboxylic acid groups (broad SMARTS) is 1. The van der Waals surface area contributed by atoms with Crippen LogP contribution in [0.1, 0.15) is 5.56 Å². The molecule has 0 aliphatic rings. The SMILES string of the molecule is O=C(O)COCC(=O)NCCOCCOCCOCCOCCOCCOCCOCCOCCOCCOCCOCCOCCNC(=O)OCc1ccccc1. The van der Waals surface area contributed by atoms with Crippen LogP contribution in [0.2, 0.25) is 0 Å². The van der Waals surface area contributed by atoms with Crippen LogP contribution >= 0.6 is 0 Å². The molecule has 0 saturated carbocycles. The lowest BCUT2D eigenvalue weighted by Crippen LogP contribution is -2.31. The molecule has 58 heavy (non-hydrogen) atoms. The monoisotopic (exact) mass is 838 g/mol. The van der Waals surface area contributed by atoms with E-state index in [2.05, 4.69) is 15.4 Å². The van der Waals surface area contributed by atoms with E-state index in [1.165, 1.54) is 0 Å². The molecule has 336 valence electrons. The molecule has 20 heteroatoms. The zero-order valence-corrected chi connectivity index (χ0v) is 33.8. The Bertz CT molecular complexity index is 1060. The Balaban J connectivity index is 1.63. The fourth-order valence-electron chi connectivity index (χ4n) is 4.07. The summed E-state index contributed by atoms with van der Waals surface area (Å²) >= 11 is 0. The summed E-state index contributed by atoms with van der Waals surface area (Å²) in [4.78, 5) is 33.3. The molecule has 1 aromatic carbocycles. The molecule has 2 amide bonds. The lowest BCUT2D eigenvalue weighted by atomic mass is 10.2. The molecule has 0 heterocycles.